The molecule has 2 rings (SSSR count). The molecule has 6 nitrogen and oxygen atoms in total. The van der Waals surface area contributed by atoms with Crippen LogP contribution in [0, 0.1) is 6.92 Å². The molecule has 0 spiro atoms. The molecule has 29 heavy (non-hydrogen) atoms. The molecule has 0 unspecified atom stereocenters. The minimum Gasteiger partial charge on any atom is -0.381 e. The molecule has 0 aliphatic heterocycles. The van der Waals surface area contributed by atoms with Crippen molar-refractivity contribution in [3.63, 3.8) is 0 Å². The van der Waals surface area contributed by atoms with Gasteiger partial charge in [0.1, 0.15) is 0 Å². The van der Waals surface area contributed by atoms with Crippen LogP contribution >= 0.6 is 11.6 Å². The van der Waals surface area contributed by atoms with Gasteiger partial charge in [0.25, 0.3) is 5.91 Å². The molecule has 0 saturated heterocycles. The number of carbonyl (C=O) groups excluding carboxylic acids is 2. The van der Waals surface area contributed by atoms with E-state index in [1.165, 1.54) is 0 Å². The van der Waals surface area contributed by atoms with Gasteiger partial charge in [-0.1, -0.05) is 36.6 Å². The van der Waals surface area contributed by atoms with Gasteiger partial charge >= 0.3 is 0 Å². The first-order chi connectivity index (χ1) is 14.0. The first kappa shape index (κ1) is 22.7. The maximum absolute atomic E-state index is 12.2. The summed E-state index contributed by atoms with van der Waals surface area (Å²) in [6, 6.07) is 13.2. The van der Waals surface area contributed by atoms with Crippen molar-refractivity contribution >= 4 is 29.1 Å². The third-order valence-electron chi connectivity index (χ3n) is 4.71. The van der Waals surface area contributed by atoms with Crippen molar-refractivity contribution in [2.75, 3.05) is 11.9 Å². The second-order valence-electron chi connectivity index (χ2n) is 6.92. The van der Waals surface area contributed by atoms with Crippen LogP contribution in [0.15, 0.2) is 42.5 Å². The van der Waals surface area contributed by atoms with Crippen LogP contribution < -0.4 is 16.1 Å². The number of rotatable bonds is 11. The number of halogens is 1. The van der Waals surface area contributed by atoms with Crippen LogP contribution in [0.3, 0.4) is 0 Å². The van der Waals surface area contributed by atoms with Crippen LogP contribution in [0.4, 0.5) is 5.69 Å². The second-order valence-corrected chi connectivity index (χ2v) is 7.33. The molecule has 0 radical (unpaired) electrons. The Hall–Kier alpha value is -2.57. The Bertz CT molecular complexity index is 789. The number of anilines is 1. The lowest BCUT2D eigenvalue weighted by Gasteiger charge is -2.11. The van der Waals surface area contributed by atoms with E-state index in [0.29, 0.717) is 25.1 Å². The summed E-state index contributed by atoms with van der Waals surface area (Å²) in [5, 5.41) is 15.4. The van der Waals surface area contributed by atoms with Crippen LogP contribution in [-0.4, -0.2) is 23.6 Å². The van der Waals surface area contributed by atoms with E-state index < -0.39 is 0 Å². The molecule has 156 valence electrons. The van der Waals surface area contributed by atoms with Crippen LogP contribution in [-0.2, 0) is 11.3 Å². The molecule has 2 aromatic carbocycles. The van der Waals surface area contributed by atoms with Crippen molar-refractivity contribution in [2.45, 2.75) is 45.6 Å². The van der Waals surface area contributed by atoms with E-state index in [1.54, 1.807) is 17.6 Å². The zero-order valence-corrected chi connectivity index (χ0v) is 17.4. The van der Waals surface area contributed by atoms with Gasteiger partial charge in [-0.2, -0.15) is 0 Å². The smallest absolute Gasteiger partial charge is 0.251 e. The normalized spacial score (nSPS) is 10.4. The maximum atomic E-state index is 12.2. The van der Waals surface area contributed by atoms with Crippen molar-refractivity contribution in [3.05, 3.63) is 64.2 Å². The zero-order valence-electron chi connectivity index (χ0n) is 16.6. The zero-order chi connectivity index (χ0) is 21.1. The summed E-state index contributed by atoms with van der Waals surface area (Å²) in [5.41, 5.74) is 5.36. The molecule has 0 saturated carbocycles. The fourth-order valence-electron chi connectivity index (χ4n) is 2.94. The van der Waals surface area contributed by atoms with Gasteiger partial charge in [0.2, 0.25) is 5.91 Å². The van der Waals surface area contributed by atoms with Gasteiger partial charge in [-0.15, -0.1) is 0 Å². The molecule has 0 heterocycles. The number of hydrogen-bond donors (Lipinski definition) is 4. The van der Waals surface area contributed by atoms with Crippen molar-refractivity contribution in [1.29, 1.82) is 0 Å². The Morgan fingerprint density at radius 2 is 1.72 bits per heavy atom. The van der Waals surface area contributed by atoms with E-state index in [-0.39, 0.29) is 11.8 Å². The van der Waals surface area contributed by atoms with Crippen LogP contribution in [0.5, 0.6) is 0 Å². The lowest BCUT2D eigenvalue weighted by Crippen LogP contribution is -2.24. The minimum atomic E-state index is -0.363. The predicted molar refractivity (Wildman–Crippen MR) is 115 cm³/mol. The van der Waals surface area contributed by atoms with Gasteiger partial charge in [0, 0.05) is 35.8 Å². The Morgan fingerprint density at radius 1 is 1.00 bits per heavy atom. The average molecular weight is 418 g/mol. The Kier molecular flexibility index (Phi) is 9.47. The molecule has 0 aliphatic carbocycles. The Morgan fingerprint density at radius 3 is 2.41 bits per heavy atom. The topological polar surface area (TPSA) is 90.5 Å². The molecule has 0 aliphatic rings. The molecule has 0 atom stereocenters. The van der Waals surface area contributed by atoms with Crippen molar-refractivity contribution in [2.24, 2.45) is 0 Å². The van der Waals surface area contributed by atoms with E-state index in [1.807, 2.05) is 37.3 Å². The highest BCUT2D eigenvalue weighted by Crippen LogP contribution is 2.21. The summed E-state index contributed by atoms with van der Waals surface area (Å²) in [5.74, 6) is -0.462. The second kappa shape index (κ2) is 12.1. The highest BCUT2D eigenvalue weighted by molar-refractivity contribution is 6.31. The molecule has 0 fully saturated rings. The molecule has 7 heteroatoms. The molecular formula is C22H28ClN3O3. The number of carbonyl (C=O) groups is 2. The largest absolute Gasteiger partial charge is 0.381 e. The third-order valence-corrected chi connectivity index (χ3v) is 5.06. The third kappa shape index (κ3) is 7.75. The van der Waals surface area contributed by atoms with Gasteiger partial charge in [0.15, 0.2) is 0 Å². The van der Waals surface area contributed by atoms with Gasteiger partial charge in [-0.3, -0.25) is 14.8 Å². The summed E-state index contributed by atoms with van der Waals surface area (Å²) < 4.78 is 0. The summed E-state index contributed by atoms with van der Waals surface area (Å²) in [7, 11) is 0. The average Bonchev–Trinajstić information content (AvgIpc) is 2.72. The summed E-state index contributed by atoms with van der Waals surface area (Å²) in [6.45, 7) is 3.25. The molecule has 4 N–H and O–H groups in total. The lowest BCUT2D eigenvalue weighted by molar-refractivity contribution is -0.129. The SMILES string of the molecule is Cc1cccc(Cl)c1CNc1ccc(C(=O)NCCCCCCC(=O)NO)cc1. The number of benzene rings is 2. The molecule has 2 aromatic rings. The highest BCUT2D eigenvalue weighted by Gasteiger charge is 2.06. The highest BCUT2D eigenvalue weighted by atomic mass is 35.5. The predicted octanol–water partition coefficient (Wildman–Crippen LogP) is 4.45. The van der Waals surface area contributed by atoms with Crippen LogP contribution in [0.25, 0.3) is 0 Å². The monoisotopic (exact) mass is 417 g/mol. The summed E-state index contributed by atoms with van der Waals surface area (Å²) in [4.78, 5) is 23.1. The first-order valence-electron chi connectivity index (χ1n) is 9.80. The lowest BCUT2D eigenvalue weighted by atomic mass is 10.1. The number of nitrogens with one attached hydrogen (secondary N) is 3. The van der Waals surface area contributed by atoms with Crippen molar-refractivity contribution in [3.8, 4) is 0 Å². The molecule has 2 amide bonds. The van der Waals surface area contributed by atoms with Gasteiger partial charge in [0.05, 0.1) is 0 Å². The van der Waals surface area contributed by atoms with Crippen molar-refractivity contribution < 1.29 is 14.8 Å². The summed E-state index contributed by atoms with van der Waals surface area (Å²) in [6.07, 6.45) is 3.70. The van der Waals surface area contributed by atoms with E-state index in [4.69, 9.17) is 16.8 Å². The molecular weight excluding hydrogens is 390 g/mol. The Labute approximate surface area is 176 Å². The van der Waals surface area contributed by atoms with E-state index >= 15 is 0 Å². The van der Waals surface area contributed by atoms with Crippen LogP contribution in [0.2, 0.25) is 5.02 Å². The summed E-state index contributed by atoms with van der Waals surface area (Å²) >= 11 is 6.25. The first-order valence-corrected chi connectivity index (χ1v) is 10.2. The number of unbranched alkanes of at least 4 members (excludes halogenated alkanes) is 3. The number of aryl methyl sites for hydroxylation is 1. The van der Waals surface area contributed by atoms with Gasteiger partial charge < -0.3 is 10.6 Å². The fraction of sp³-hybridized carbons (Fsp3) is 0.364. The number of hydrogen-bond acceptors (Lipinski definition) is 4. The van der Waals surface area contributed by atoms with Gasteiger partial charge in [-0.25, -0.2) is 5.48 Å². The molecule has 0 aromatic heterocycles. The van der Waals surface area contributed by atoms with E-state index in [0.717, 1.165) is 47.5 Å². The molecule has 0 bridgehead atoms. The standard InChI is InChI=1S/C22H28ClN3O3/c1-16-7-6-8-20(23)19(16)15-25-18-12-10-17(11-13-18)22(28)24-14-5-3-2-4-9-21(27)26-29/h6-8,10-13,25,29H,2-5,9,14-15H2,1H3,(H,24,28)(H,26,27). The minimum absolute atomic E-state index is 0.0989. The van der Waals surface area contributed by atoms with Crippen LogP contribution in [0.1, 0.15) is 53.6 Å². The van der Waals surface area contributed by atoms with E-state index in [9.17, 15) is 9.59 Å². The quantitative estimate of drug-likeness (QED) is 0.247. The fourth-order valence-corrected chi connectivity index (χ4v) is 3.23. The van der Waals surface area contributed by atoms with E-state index in [2.05, 4.69) is 10.6 Å². The van der Waals surface area contributed by atoms with Crippen molar-refractivity contribution in [1.82, 2.24) is 10.8 Å². The Balaban J connectivity index is 1.69. The number of amides is 2. The van der Waals surface area contributed by atoms with Gasteiger partial charge in [-0.05, 0) is 61.2 Å². The number of hydroxylamine groups is 1. The maximum Gasteiger partial charge on any atom is 0.251 e.